The summed E-state index contributed by atoms with van der Waals surface area (Å²) in [6, 6.07) is 59.5. The van der Waals surface area contributed by atoms with Crippen LogP contribution in [0.3, 0.4) is 0 Å². The smallest absolute Gasteiger partial charge is 0.196 e. The van der Waals surface area contributed by atoms with Crippen LogP contribution in [0.4, 0.5) is 0 Å². The van der Waals surface area contributed by atoms with Crippen molar-refractivity contribution in [1.29, 1.82) is 0 Å². The van der Waals surface area contributed by atoms with Gasteiger partial charge in [-0.05, 0) is 133 Å². The molecule has 0 saturated carbocycles. The summed E-state index contributed by atoms with van der Waals surface area (Å²) in [6.07, 6.45) is 0. The van der Waals surface area contributed by atoms with Crippen molar-refractivity contribution in [3.8, 4) is 0 Å². The molecule has 286 valence electrons. The zero-order chi connectivity index (χ0) is 40.3. The molecular formula is C51H29O3S6+. The summed E-state index contributed by atoms with van der Waals surface area (Å²) in [4.78, 5) is 48.2. The summed E-state index contributed by atoms with van der Waals surface area (Å²) < 4.78 is 5.93. The van der Waals surface area contributed by atoms with Crippen molar-refractivity contribution in [2.24, 2.45) is 0 Å². The van der Waals surface area contributed by atoms with Crippen LogP contribution in [0.25, 0.3) is 60.5 Å². The molecule has 9 heteroatoms. The molecule has 0 aliphatic heterocycles. The summed E-state index contributed by atoms with van der Waals surface area (Å²) in [5.74, 6) is 0. The third-order valence-corrected chi connectivity index (χ3v) is 18.1. The fourth-order valence-corrected chi connectivity index (χ4v) is 14.5. The standard InChI is InChI=1S/C51H29O3S6/c52-49-37-7-1-4-10-43(37)57-46-24-17-32(27-40(46)49)55-30-13-19-34(20-14-30)60(36-23-26-48-42(29-36)51(54)39-9-3-6-12-45(39)59-48)35-21-15-31(16-22-35)56-33-18-25-47-41(28-33)50(53)38-8-2-5-11-44(38)58-47/h1-29H/q+1. The van der Waals surface area contributed by atoms with E-state index in [0.717, 1.165) is 94.8 Å². The van der Waals surface area contributed by atoms with Crippen LogP contribution >= 0.6 is 57.5 Å². The molecule has 11 aromatic rings. The van der Waals surface area contributed by atoms with Gasteiger partial charge in [0.15, 0.2) is 31.0 Å². The van der Waals surface area contributed by atoms with Gasteiger partial charge < -0.3 is 0 Å². The highest BCUT2D eigenvalue weighted by molar-refractivity contribution is 7.99. The Bertz CT molecular complexity index is 3510. The van der Waals surface area contributed by atoms with Gasteiger partial charge in [0.05, 0.1) is 10.9 Å². The van der Waals surface area contributed by atoms with Crippen molar-refractivity contribution in [3.05, 3.63) is 207 Å². The van der Waals surface area contributed by atoms with Gasteiger partial charge >= 0.3 is 0 Å². The Labute approximate surface area is 367 Å². The summed E-state index contributed by atoms with van der Waals surface area (Å²) in [7, 11) is -0.525. The van der Waals surface area contributed by atoms with Crippen LogP contribution in [0.1, 0.15) is 0 Å². The minimum atomic E-state index is -0.525. The van der Waals surface area contributed by atoms with Gasteiger partial charge in [0, 0.05) is 86.2 Å². The van der Waals surface area contributed by atoms with Crippen molar-refractivity contribution >= 4 is 129 Å². The molecule has 8 aromatic carbocycles. The van der Waals surface area contributed by atoms with Gasteiger partial charge in [0.1, 0.15) is 0 Å². The molecule has 0 fully saturated rings. The van der Waals surface area contributed by atoms with E-state index in [1.807, 2.05) is 84.9 Å². The molecule has 0 atom stereocenters. The Balaban J connectivity index is 0.944. The SMILES string of the molecule is O=c1c2ccccc2sc2ccc(Sc3ccc([S+](c4ccc(Sc5ccc6sc7ccccc7c(=O)c6c5)cc4)c4ccc5sc6ccccc6c(=O)c5c4)cc3)cc12. The average molecular weight is 882 g/mol. The molecule has 3 nitrogen and oxygen atoms in total. The lowest BCUT2D eigenvalue weighted by Gasteiger charge is -2.11. The molecule has 3 heterocycles. The first kappa shape index (κ1) is 37.5. The zero-order valence-electron chi connectivity index (χ0n) is 31.4. The lowest BCUT2D eigenvalue weighted by molar-refractivity contribution is 1.27. The van der Waals surface area contributed by atoms with Gasteiger partial charge in [-0.2, -0.15) is 0 Å². The molecule has 0 spiro atoms. The first-order chi connectivity index (χ1) is 29.4. The second-order valence-electron chi connectivity index (χ2n) is 14.2. The predicted molar refractivity (Wildman–Crippen MR) is 260 cm³/mol. The molecule has 0 amide bonds. The normalized spacial score (nSPS) is 11.8. The zero-order valence-corrected chi connectivity index (χ0v) is 36.3. The number of rotatable bonds is 7. The minimum absolute atomic E-state index is 0.0547. The van der Waals surface area contributed by atoms with E-state index in [1.54, 1.807) is 57.5 Å². The first-order valence-corrected chi connectivity index (χ1v) is 24.4. The second-order valence-corrected chi connectivity index (χ2v) is 21.8. The number of fused-ring (bicyclic) bond motifs is 6. The van der Waals surface area contributed by atoms with E-state index in [2.05, 4.69) is 91.0 Å². The number of hydrogen-bond acceptors (Lipinski definition) is 8. The molecule has 0 bridgehead atoms. The van der Waals surface area contributed by atoms with Crippen LogP contribution in [0, 0.1) is 0 Å². The highest BCUT2D eigenvalue weighted by Gasteiger charge is 2.30. The van der Waals surface area contributed by atoms with E-state index >= 15 is 0 Å². The summed E-state index contributed by atoms with van der Waals surface area (Å²) in [6.45, 7) is 0. The third kappa shape index (κ3) is 6.85. The van der Waals surface area contributed by atoms with Gasteiger partial charge in [-0.25, -0.2) is 0 Å². The van der Waals surface area contributed by atoms with E-state index in [0.29, 0.717) is 0 Å². The quantitative estimate of drug-likeness (QED) is 0.118. The molecule has 0 radical (unpaired) electrons. The van der Waals surface area contributed by atoms with Crippen LogP contribution in [0.2, 0.25) is 0 Å². The van der Waals surface area contributed by atoms with E-state index in [4.69, 9.17) is 0 Å². The first-order valence-electron chi connectivity index (χ1n) is 19.1. The lowest BCUT2D eigenvalue weighted by atomic mass is 10.2. The fraction of sp³-hybridized carbons (Fsp3) is 0. The molecule has 3 aromatic heterocycles. The summed E-state index contributed by atoms with van der Waals surface area (Å²) in [5.41, 5.74) is 0.192. The number of benzene rings is 8. The van der Waals surface area contributed by atoms with E-state index in [-0.39, 0.29) is 16.3 Å². The maximum Gasteiger partial charge on any atom is 0.196 e. The molecule has 0 aliphatic rings. The minimum Gasteiger partial charge on any atom is -0.289 e. The van der Waals surface area contributed by atoms with Crippen LogP contribution in [-0.4, -0.2) is 0 Å². The molecule has 0 N–H and O–H groups in total. The molecule has 0 saturated heterocycles. The van der Waals surface area contributed by atoms with Crippen molar-refractivity contribution in [2.45, 2.75) is 34.3 Å². The summed E-state index contributed by atoms with van der Waals surface area (Å²) >= 11 is 8.23. The van der Waals surface area contributed by atoms with E-state index in [9.17, 15) is 14.4 Å². The van der Waals surface area contributed by atoms with Crippen molar-refractivity contribution in [3.63, 3.8) is 0 Å². The maximum atomic E-state index is 13.9. The lowest BCUT2D eigenvalue weighted by Crippen LogP contribution is -2.07. The predicted octanol–water partition coefficient (Wildman–Crippen LogP) is 14.3. The van der Waals surface area contributed by atoms with Crippen LogP contribution in [-0.2, 0) is 10.9 Å². The van der Waals surface area contributed by atoms with Crippen LogP contribution in [0.15, 0.2) is 225 Å². The van der Waals surface area contributed by atoms with Crippen LogP contribution < -0.4 is 16.3 Å². The second kappa shape index (κ2) is 15.5. The van der Waals surface area contributed by atoms with Crippen molar-refractivity contribution in [1.82, 2.24) is 0 Å². The molecule has 0 unspecified atom stereocenters. The molecule has 60 heavy (non-hydrogen) atoms. The van der Waals surface area contributed by atoms with Gasteiger partial charge in [0.25, 0.3) is 0 Å². The maximum absolute atomic E-state index is 13.9. The van der Waals surface area contributed by atoms with Gasteiger partial charge in [-0.3, -0.25) is 14.4 Å². The highest BCUT2D eigenvalue weighted by atomic mass is 32.2. The summed E-state index contributed by atoms with van der Waals surface area (Å²) in [5, 5.41) is 4.49. The third-order valence-electron chi connectivity index (χ3n) is 10.5. The Morgan fingerprint density at radius 3 is 1.03 bits per heavy atom. The van der Waals surface area contributed by atoms with Crippen LogP contribution in [0.5, 0.6) is 0 Å². The molecule has 0 aliphatic carbocycles. The monoisotopic (exact) mass is 881 g/mol. The Hall–Kier alpha value is -5.52. The highest BCUT2D eigenvalue weighted by Crippen LogP contribution is 2.39. The molecule has 11 rings (SSSR count). The van der Waals surface area contributed by atoms with Gasteiger partial charge in [-0.15, -0.1) is 34.0 Å². The fourth-order valence-electron chi connectivity index (χ4n) is 7.57. The largest absolute Gasteiger partial charge is 0.289 e. The van der Waals surface area contributed by atoms with Crippen molar-refractivity contribution < 1.29 is 0 Å². The van der Waals surface area contributed by atoms with Gasteiger partial charge in [-0.1, -0.05) is 59.9 Å². The topological polar surface area (TPSA) is 51.2 Å². The Morgan fingerprint density at radius 2 is 0.617 bits per heavy atom. The van der Waals surface area contributed by atoms with E-state index < -0.39 is 10.9 Å². The Kier molecular flexibility index (Phi) is 9.68. The van der Waals surface area contributed by atoms with Crippen molar-refractivity contribution in [2.75, 3.05) is 0 Å². The van der Waals surface area contributed by atoms with Gasteiger partial charge in [0.2, 0.25) is 0 Å². The molecular weight excluding hydrogens is 853 g/mol. The average Bonchev–Trinajstić information content (AvgIpc) is 3.28. The number of hydrogen-bond donors (Lipinski definition) is 0. The van der Waals surface area contributed by atoms with E-state index in [1.165, 1.54) is 0 Å². The Morgan fingerprint density at radius 1 is 0.300 bits per heavy atom.